The summed E-state index contributed by atoms with van der Waals surface area (Å²) in [5.41, 5.74) is 0. The quantitative estimate of drug-likeness (QED) is 0.694. The number of likely N-dealkylation sites (N-methyl/N-ethyl adjacent to an activating group) is 1. The van der Waals surface area contributed by atoms with E-state index < -0.39 is 10.0 Å². The third-order valence-electron chi connectivity index (χ3n) is 4.08. The van der Waals surface area contributed by atoms with Crippen molar-refractivity contribution in [1.29, 1.82) is 0 Å². The minimum Gasteiger partial charge on any atom is -0.483 e. The summed E-state index contributed by atoms with van der Waals surface area (Å²) in [5.74, 6) is 1.62. The van der Waals surface area contributed by atoms with Gasteiger partial charge in [-0.05, 0) is 19.3 Å². The van der Waals surface area contributed by atoms with Crippen molar-refractivity contribution >= 4 is 22.4 Å². The fourth-order valence-corrected chi connectivity index (χ4v) is 3.09. The SMILES string of the molecule is CCN1Cc2nnc(CN(C)S(C)(=O)=O)n2[C@@H](CC(C)C)C1=O.O=CO. The largest absolute Gasteiger partial charge is 0.483 e. The van der Waals surface area contributed by atoms with Crippen molar-refractivity contribution in [1.82, 2.24) is 24.0 Å². The Balaban J connectivity index is 0.00000105. The van der Waals surface area contributed by atoms with Crippen LogP contribution in [0.25, 0.3) is 0 Å². The Morgan fingerprint density at radius 2 is 1.96 bits per heavy atom. The standard InChI is InChI=1S/C14H25N5O3S.CH2O2/c1-6-18-9-13-16-15-12(8-17(4)23(5,21)22)19(13)11(14(18)20)7-10(2)3;2-1-3/h10-11H,6-9H2,1-5H3;1H,(H,2,3)/t11-;/m0./s1. The van der Waals surface area contributed by atoms with E-state index >= 15 is 0 Å². The van der Waals surface area contributed by atoms with Crippen molar-refractivity contribution in [3.05, 3.63) is 11.6 Å². The van der Waals surface area contributed by atoms with E-state index in [9.17, 15) is 13.2 Å². The van der Waals surface area contributed by atoms with Gasteiger partial charge in [0.05, 0.1) is 19.3 Å². The van der Waals surface area contributed by atoms with Gasteiger partial charge in [0.1, 0.15) is 11.9 Å². The molecule has 1 N–H and O–H groups in total. The lowest BCUT2D eigenvalue weighted by Crippen LogP contribution is -2.44. The molecule has 0 fully saturated rings. The smallest absolute Gasteiger partial charge is 0.290 e. The highest BCUT2D eigenvalue weighted by Crippen LogP contribution is 2.28. The number of carboxylic acid groups (broad SMARTS) is 1. The highest BCUT2D eigenvalue weighted by molar-refractivity contribution is 7.88. The number of aromatic nitrogens is 3. The molecular formula is C15H27N5O5S. The average Bonchev–Trinajstić information content (AvgIpc) is 2.92. The number of carbonyl (C=O) groups excluding carboxylic acids is 1. The van der Waals surface area contributed by atoms with Gasteiger partial charge in [0.25, 0.3) is 6.47 Å². The Labute approximate surface area is 153 Å². The molecule has 0 unspecified atom stereocenters. The van der Waals surface area contributed by atoms with Crippen LogP contribution in [0.5, 0.6) is 0 Å². The molecule has 1 aliphatic rings. The van der Waals surface area contributed by atoms with Crippen molar-refractivity contribution in [3.63, 3.8) is 0 Å². The topological polar surface area (TPSA) is 126 Å². The van der Waals surface area contributed by atoms with E-state index in [1.54, 1.807) is 4.90 Å². The predicted molar refractivity (Wildman–Crippen MR) is 94.6 cm³/mol. The van der Waals surface area contributed by atoms with Crippen LogP contribution < -0.4 is 0 Å². The van der Waals surface area contributed by atoms with E-state index in [2.05, 4.69) is 24.0 Å². The third kappa shape index (κ3) is 5.24. The van der Waals surface area contributed by atoms with Gasteiger partial charge in [-0.1, -0.05) is 13.8 Å². The summed E-state index contributed by atoms with van der Waals surface area (Å²) in [7, 11) is -1.82. The van der Waals surface area contributed by atoms with Crippen LogP contribution in [0.3, 0.4) is 0 Å². The fraction of sp³-hybridized carbons (Fsp3) is 0.733. The summed E-state index contributed by atoms with van der Waals surface area (Å²) in [4.78, 5) is 22.8. The van der Waals surface area contributed by atoms with Crippen molar-refractivity contribution in [2.24, 2.45) is 5.92 Å². The Morgan fingerprint density at radius 1 is 1.38 bits per heavy atom. The minimum atomic E-state index is -3.32. The van der Waals surface area contributed by atoms with Crippen LogP contribution in [0.4, 0.5) is 0 Å². The summed E-state index contributed by atoms with van der Waals surface area (Å²) >= 11 is 0. The molecule has 2 heterocycles. The van der Waals surface area contributed by atoms with E-state index in [0.717, 1.165) is 6.26 Å². The molecule has 0 saturated heterocycles. The molecule has 10 nitrogen and oxygen atoms in total. The molecule has 1 aromatic heterocycles. The Bertz CT molecular complexity index is 731. The van der Waals surface area contributed by atoms with Crippen LogP contribution in [0.1, 0.15) is 44.9 Å². The summed E-state index contributed by atoms with van der Waals surface area (Å²) < 4.78 is 26.3. The molecule has 1 atom stereocenters. The molecule has 11 heteroatoms. The Kier molecular flexibility index (Phi) is 7.69. The van der Waals surface area contributed by atoms with Crippen LogP contribution in [-0.4, -0.2) is 69.7 Å². The predicted octanol–water partition coefficient (Wildman–Crippen LogP) is 0.320. The van der Waals surface area contributed by atoms with E-state index in [-0.39, 0.29) is 25.0 Å². The lowest BCUT2D eigenvalue weighted by atomic mass is 10.0. The second kappa shape index (κ2) is 9.08. The molecule has 2 rings (SSSR count). The Hall–Kier alpha value is -2.01. The number of carbonyl (C=O) groups is 2. The number of rotatable bonds is 6. The van der Waals surface area contributed by atoms with Gasteiger partial charge in [-0.25, -0.2) is 8.42 Å². The summed E-state index contributed by atoms with van der Waals surface area (Å²) in [6.45, 7) is 6.96. The highest BCUT2D eigenvalue weighted by Gasteiger charge is 2.36. The molecule has 0 radical (unpaired) electrons. The second-order valence-electron chi connectivity index (χ2n) is 6.52. The molecule has 0 aliphatic carbocycles. The maximum Gasteiger partial charge on any atom is 0.290 e. The van der Waals surface area contributed by atoms with E-state index in [4.69, 9.17) is 9.90 Å². The van der Waals surface area contributed by atoms with Gasteiger partial charge in [-0.2, -0.15) is 4.31 Å². The van der Waals surface area contributed by atoms with Crippen LogP contribution >= 0.6 is 0 Å². The first kappa shape index (κ1) is 22.0. The van der Waals surface area contributed by atoms with Gasteiger partial charge in [0, 0.05) is 13.6 Å². The van der Waals surface area contributed by atoms with E-state index in [1.807, 2.05) is 11.5 Å². The third-order valence-corrected chi connectivity index (χ3v) is 5.35. The summed E-state index contributed by atoms with van der Waals surface area (Å²) in [5, 5.41) is 15.2. The fourth-order valence-electron chi connectivity index (χ4n) is 2.74. The maximum absolute atomic E-state index is 12.7. The van der Waals surface area contributed by atoms with E-state index in [0.29, 0.717) is 37.1 Å². The van der Waals surface area contributed by atoms with Crippen molar-refractivity contribution < 1.29 is 23.1 Å². The molecule has 0 bridgehead atoms. The zero-order valence-electron chi connectivity index (χ0n) is 15.8. The van der Waals surface area contributed by atoms with Gasteiger partial charge in [0.15, 0.2) is 5.82 Å². The molecule has 1 aliphatic heterocycles. The molecule has 0 aromatic carbocycles. The van der Waals surface area contributed by atoms with Crippen LogP contribution in [0.15, 0.2) is 0 Å². The number of nitrogens with zero attached hydrogens (tertiary/aromatic N) is 5. The lowest BCUT2D eigenvalue weighted by molar-refractivity contribution is -0.138. The zero-order chi connectivity index (χ0) is 20.1. The van der Waals surface area contributed by atoms with Gasteiger partial charge >= 0.3 is 0 Å². The number of sulfonamides is 1. The molecule has 0 spiro atoms. The summed E-state index contributed by atoms with van der Waals surface area (Å²) in [6.07, 6.45) is 1.83. The first-order valence-corrected chi connectivity index (χ1v) is 10.1. The highest BCUT2D eigenvalue weighted by atomic mass is 32.2. The number of hydrogen-bond acceptors (Lipinski definition) is 6. The molecule has 148 valence electrons. The molecule has 26 heavy (non-hydrogen) atoms. The monoisotopic (exact) mass is 389 g/mol. The van der Waals surface area contributed by atoms with Gasteiger partial charge in [-0.3, -0.25) is 14.2 Å². The van der Waals surface area contributed by atoms with Crippen LogP contribution in [0.2, 0.25) is 0 Å². The van der Waals surface area contributed by atoms with E-state index in [1.165, 1.54) is 11.4 Å². The van der Waals surface area contributed by atoms with Crippen molar-refractivity contribution in [2.75, 3.05) is 19.8 Å². The lowest BCUT2D eigenvalue weighted by Gasteiger charge is -2.34. The first-order valence-electron chi connectivity index (χ1n) is 8.27. The summed E-state index contributed by atoms with van der Waals surface area (Å²) in [6, 6.07) is -0.364. The Morgan fingerprint density at radius 3 is 2.42 bits per heavy atom. The average molecular weight is 389 g/mol. The number of hydrogen-bond donors (Lipinski definition) is 1. The van der Waals surface area contributed by atoms with Crippen LogP contribution in [-0.2, 0) is 32.7 Å². The second-order valence-corrected chi connectivity index (χ2v) is 8.61. The molecule has 0 saturated carbocycles. The molecule has 1 aromatic rings. The van der Waals surface area contributed by atoms with Crippen LogP contribution in [0, 0.1) is 5.92 Å². The minimum absolute atomic E-state index is 0.0526. The number of amides is 1. The van der Waals surface area contributed by atoms with Gasteiger partial charge in [0.2, 0.25) is 15.9 Å². The normalized spacial score (nSPS) is 17.1. The van der Waals surface area contributed by atoms with Gasteiger partial charge < -0.3 is 10.0 Å². The first-order chi connectivity index (χ1) is 12.1. The maximum atomic E-state index is 12.7. The number of fused-ring (bicyclic) bond motifs is 1. The van der Waals surface area contributed by atoms with Crippen molar-refractivity contribution in [3.8, 4) is 0 Å². The van der Waals surface area contributed by atoms with Crippen molar-refractivity contribution in [2.45, 2.75) is 46.3 Å². The zero-order valence-corrected chi connectivity index (χ0v) is 16.6. The molecule has 1 amide bonds. The van der Waals surface area contributed by atoms with Gasteiger partial charge in [-0.15, -0.1) is 10.2 Å². The molecular weight excluding hydrogens is 362 g/mol.